The highest BCUT2D eigenvalue weighted by Gasteiger charge is 2.12. The quantitative estimate of drug-likeness (QED) is 0.619. The van der Waals surface area contributed by atoms with Gasteiger partial charge in [0.2, 0.25) is 5.91 Å². The van der Waals surface area contributed by atoms with E-state index in [1.54, 1.807) is 0 Å². The lowest BCUT2D eigenvalue weighted by atomic mass is 10.4. The van der Waals surface area contributed by atoms with Crippen molar-refractivity contribution in [2.45, 2.75) is 17.1 Å². The molecule has 0 saturated heterocycles. The van der Waals surface area contributed by atoms with Gasteiger partial charge in [0.15, 0.2) is 0 Å². The maximum Gasteiger partial charge on any atom is 0.233 e. The number of nitrogens with one attached hydrogen (secondary N) is 1. The Balaban J connectivity index is 2.46. The van der Waals surface area contributed by atoms with Crippen LogP contribution in [0.15, 0.2) is 35.2 Å². The van der Waals surface area contributed by atoms with Crippen LogP contribution in [0.5, 0.6) is 0 Å². The summed E-state index contributed by atoms with van der Waals surface area (Å²) >= 11 is 1.52. The van der Waals surface area contributed by atoms with Crippen LogP contribution < -0.4 is 5.32 Å². The predicted octanol–water partition coefficient (Wildman–Crippen LogP) is 1.92. The number of carbonyl (C=O) groups excluding carboxylic acids is 1. The molecule has 1 N–H and O–H groups in total. The molecule has 0 spiro atoms. The molecule has 0 heterocycles. The summed E-state index contributed by atoms with van der Waals surface area (Å²) in [5.74, 6) is 2.35. The first-order valence-corrected chi connectivity index (χ1v) is 5.55. The highest BCUT2D eigenvalue weighted by atomic mass is 32.2. The van der Waals surface area contributed by atoms with Gasteiger partial charge in [-0.05, 0) is 19.1 Å². The van der Waals surface area contributed by atoms with Crippen molar-refractivity contribution in [3.05, 3.63) is 30.3 Å². The molecule has 1 atom stereocenters. The monoisotopic (exact) mass is 219 g/mol. The maximum absolute atomic E-state index is 11.5. The SMILES string of the molecule is C#CCNC(=O)C(C)Sc1ccccc1. The fourth-order valence-electron chi connectivity index (χ4n) is 1.04. The standard InChI is InChI=1S/C12H13NOS/c1-3-9-13-12(14)10(2)15-11-7-5-4-6-8-11/h1,4-8,10H,9H2,2H3,(H,13,14). The molecule has 0 bridgehead atoms. The molecular formula is C12H13NOS. The molecule has 3 heteroatoms. The zero-order valence-corrected chi connectivity index (χ0v) is 9.38. The van der Waals surface area contributed by atoms with Crippen molar-refractivity contribution < 1.29 is 4.79 Å². The zero-order valence-electron chi connectivity index (χ0n) is 8.57. The van der Waals surface area contributed by atoms with Gasteiger partial charge in [-0.3, -0.25) is 4.79 Å². The van der Waals surface area contributed by atoms with Gasteiger partial charge in [-0.25, -0.2) is 0 Å². The molecule has 1 aromatic rings. The molecule has 0 aliphatic rings. The minimum absolute atomic E-state index is 0.0261. The average molecular weight is 219 g/mol. The van der Waals surface area contributed by atoms with E-state index in [-0.39, 0.29) is 11.2 Å². The van der Waals surface area contributed by atoms with E-state index in [1.165, 1.54) is 11.8 Å². The number of thioether (sulfide) groups is 1. The zero-order chi connectivity index (χ0) is 11.1. The third-order valence-corrected chi connectivity index (χ3v) is 2.90. The first-order valence-electron chi connectivity index (χ1n) is 4.67. The molecule has 0 fully saturated rings. The van der Waals surface area contributed by atoms with Crippen molar-refractivity contribution in [2.24, 2.45) is 0 Å². The summed E-state index contributed by atoms with van der Waals surface area (Å²) in [6.45, 7) is 2.15. The number of amides is 1. The molecular weight excluding hydrogens is 206 g/mol. The molecule has 1 unspecified atom stereocenters. The van der Waals surface area contributed by atoms with Gasteiger partial charge >= 0.3 is 0 Å². The van der Waals surface area contributed by atoms with Crippen LogP contribution in [0.25, 0.3) is 0 Å². The molecule has 1 aromatic carbocycles. The van der Waals surface area contributed by atoms with Gasteiger partial charge in [0.25, 0.3) is 0 Å². The number of rotatable bonds is 4. The highest BCUT2D eigenvalue weighted by Crippen LogP contribution is 2.22. The summed E-state index contributed by atoms with van der Waals surface area (Å²) in [7, 11) is 0. The number of terminal acetylenes is 1. The largest absolute Gasteiger partial charge is 0.344 e. The van der Waals surface area contributed by atoms with Crippen LogP contribution in [0.1, 0.15) is 6.92 Å². The lowest BCUT2D eigenvalue weighted by Crippen LogP contribution is -2.30. The Morgan fingerprint density at radius 2 is 2.20 bits per heavy atom. The third-order valence-electron chi connectivity index (χ3n) is 1.79. The Labute approximate surface area is 94.5 Å². The van der Waals surface area contributed by atoms with Crippen LogP contribution in [0.3, 0.4) is 0 Å². The topological polar surface area (TPSA) is 29.1 Å². The first-order chi connectivity index (χ1) is 7.24. The maximum atomic E-state index is 11.5. The summed E-state index contributed by atoms with van der Waals surface area (Å²) in [4.78, 5) is 12.6. The van der Waals surface area contributed by atoms with E-state index in [0.717, 1.165) is 4.90 Å². The van der Waals surface area contributed by atoms with Crippen LogP contribution >= 0.6 is 11.8 Å². The molecule has 0 radical (unpaired) electrons. The number of hydrogen-bond donors (Lipinski definition) is 1. The van der Waals surface area contributed by atoms with Gasteiger partial charge in [0.1, 0.15) is 0 Å². The van der Waals surface area contributed by atoms with Gasteiger partial charge in [0.05, 0.1) is 11.8 Å². The molecule has 78 valence electrons. The molecule has 1 amide bonds. The van der Waals surface area contributed by atoms with Crippen molar-refractivity contribution in [2.75, 3.05) is 6.54 Å². The van der Waals surface area contributed by atoms with E-state index in [9.17, 15) is 4.79 Å². The third kappa shape index (κ3) is 4.09. The van der Waals surface area contributed by atoms with E-state index in [1.807, 2.05) is 37.3 Å². The van der Waals surface area contributed by atoms with Gasteiger partial charge in [0, 0.05) is 4.90 Å². The summed E-state index contributed by atoms with van der Waals surface area (Å²) in [5, 5.41) is 2.53. The Bertz CT molecular complexity index is 356. The minimum atomic E-state index is -0.124. The normalized spacial score (nSPS) is 11.5. The van der Waals surface area contributed by atoms with E-state index in [4.69, 9.17) is 6.42 Å². The molecule has 0 saturated carbocycles. The Kier molecular flexibility index (Phi) is 4.79. The molecule has 0 aliphatic carbocycles. The predicted molar refractivity (Wildman–Crippen MR) is 63.6 cm³/mol. The van der Waals surface area contributed by atoms with Gasteiger partial charge in [-0.2, -0.15) is 0 Å². The lowest BCUT2D eigenvalue weighted by molar-refractivity contribution is -0.120. The van der Waals surface area contributed by atoms with Crippen molar-refractivity contribution in [3.8, 4) is 12.3 Å². The smallest absolute Gasteiger partial charge is 0.233 e. The molecule has 15 heavy (non-hydrogen) atoms. The Hall–Kier alpha value is -1.40. The van der Waals surface area contributed by atoms with Crippen LogP contribution in [0.4, 0.5) is 0 Å². The fourth-order valence-corrected chi connectivity index (χ4v) is 1.95. The van der Waals surface area contributed by atoms with E-state index in [2.05, 4.69) is 11.2 Å². The summed E-state index contributed by atoms with van der Waals surface area (Å²) in [5.41, 5.74) is 0. The van der Waals surface area contributed by atoms with Crippen LogP contribution in [-0.2, 0) is 4.79 Å². The van der Waals surface area contributed by atoms with Crippen molar-refractivity contribution >= 4 is 17.7 Å². The Morgan fingerprint density at radius 1 is 1.53 bits per heavy atom. The molecule has 1 rings (SSSR count). The first kappa shape index (κ1) is 11.7. The summed E-state index contributed by atoms with van der Waals surface area (Å²) in [6.07, 6.45) is 5.06. The lowest BCUT2D eigenvalue weighted by Gasteiger charge is -2.09. The summed E-state index contributed by atoms with van der Waals surface area (Å²) < 4.78 is 0. The van der Waals surface area contributed by atoms with E-state index >= 15 is 0 Å². The van der Waals surface area contributed by atoms with Crippen molar-refractivity contribution in [1.82, 2.24) is 5.32 Å². The number of carbonyl (C=O) groups is 1. The minimum Gasteiger partial charge on any atom is -0.344 e. The fraction of sp³-hybridized carbons (Fsp3) is 0.250. The Morgan fingerprint density at radius 3 is 2.80 bits per heavy atom. The number of hydrogen-bond acceptors (Lipinski definition) is 2. The molecule has 2 nitrogen and oxygen atoms in total. The van der Waals surface area contributed by atoms with Gasteiger partial charge in [-0.15, -0.1) is 18.2 Å². The van der Waals surface area contributed by atoms with Crippen LogP contribution in [0.2, 0.25) is 0 Å². The number of benzene rings is 1. The molecule has 0 aromatic heterocycles. The molecule has 0 aliphatic heterocycles. The second kappa shape index (κ2) is 6.15. The highest BCUT2D eigenvalue weighted by molar-refractivity contribution is 8.00. The van der Waals surface area contributed by atoms with Crippen LogP contribution in [-0.4, -0.2) is 17.7 Å². The average Bonchev–Trinajstić information content (AvgIpc) is 2.27. The second-order valence-corrected chi connectivity index (χ2v) is 4.41. The van der Waals surface area contributed by atoms with Crippen molar-refractivity contribution in [1.29, 1.82) is 0 Å². The summed E-state index contributed by atoms with van der Waals surface area (Å²) in [6, 6.07) is 9.82. The van der Waals surface area contributed by atoms with E-state index in [0.29, 0.717) is 6.54 Å². The van der Waals surface area contributed by atoms with Crippen LogP contribution in [0, 0.1) is 12.3 Å². The van der Waals surface area contributed by atoms with E-state index < -0.39 is 0 Å². The second-order valence-electron chi connectivity index (χ2n) is 3.00. The van der Waals surface area contributed by atoms with Gasteiger partial charge in [-0.1, -0.05) is 24.1 Å². The van der Waals surface area contributed by atoms with Crippen molar-refractivity contribution in [3.63, 3.8) is 0 Å². The van der Waals surface area contributed by atoms with Gasteiger partial charge < -0.3 is 5.32 Å².